The lowest BCUT2D eigenvalue weighted by Crippen LogP contribution is -2.49. The molecule has 4 heterocycles. The van der Waals surface area contributed by atoms with E-state index < -0.39 is 11.2 Å². The van der Waals surface area contributed by atoms with E-state index in [1.54, 1.807) is 0 Å². The van der Waals surface area contributed by atoms with Crippen LogP contribution in [0.1, 0.15) is 117 Å². The van der Waals surface area contributed by atoms with Crippen molar-refractivity contribution in [3.05, 3.63) is 59.7 Å². The highest BCUT2D eigenvalue weighted by Crippen LogP contribution is 2.56. The Morgan fingerprint density at radius 3 is 1.36 bits per heavy atom. The molecule has 0 aromatic heterocycles. The number of fused-ring (bicyclic) bond motifs is 6. The molecular weight excluding hydrogens is 675 g/mol. The van der Waals surface area contributed by atoms with Crippen LogP contribution in [0.4, 0.5) is 0 Å². The molecule has 290 valence electrons. The lowest BCUT2D eigenvalue weighted by molar-refractivity contribution is -0.195. The third-order valence-corrected chi connectivity index (χ3v) is 11.6. The minimum absolute atomic E-state index is 0.0196. The van der Waals surface area contributed by atoms with Crippen LogP contribution in [0.2, 0.25) is 0 Å². The number of ether oxygens (including phenoxy) is 6. The molecule has 2 saturated carbocycles. The lowest BCUT2D eigenvalue weighted by atomic mass is 9.63. The summed E-state index contributed by atoms with van der Waals surface area (Å²) in [6.45, 7) is 13.5. The smallest absolute Gasteiger partial charge is 0.529 e. The van der Waals surface area contributed by atoms with Gasteiger partial charge < -0.3 is 37.7 Å². The van der Waals surface area contributed by atoms with Gasteiger partial charge in [0.1, 0.15) is 35.9 Å². The molecule has 0 amide bonds. The highest BCUT2D eigenvalue weighted by Gasteiger charge is 2.51. The molecule has 6 fully saturated rings. The van der Waals surface area contributed by atoms with E-state index in [0.29, 0.717) is 26.4 Å². The van der Waals surface area contributed by atoms with Crippen LogP contribution in [-0.4, -0.2) is 70.5 Å². The molecule has 2 aromatic rings. The third-order valence-electron chi connectivity index (χ3n) is 11.6. The monoisotopic (exact) mass is 734 g/mol. The molecule has 0 radical (unpaired) electrons. The summed E-state index contributed by atoms with van der Waals surface area (Å²) >= 11 is 0. The SMILES string of the molecule is CC(C)(C)OC(=O)COCCC12CCC(c3cccc(OBOc4cccc(C56CCC(CCOCC(=O)OC(C)(C)C)(CC5)CO6)c4)c3)(CC1)OC2. The molecule has 6 aliphatic rings. The number of hydrogen-bond acceptors (Lipinski definition) is 10. The largest absolute Gasteiger partial charge is 0.576 e. The van der Waals surface area contributed by atoms with Crippen molar-refractivity contribution in [1.29, 1.82) is 0 Å². The first-order valence-electron chi connectivity index (χ1n) is 19.4. The second-order valence-electron chi connectivity index (χ2n) is 17.8. The maximum atomic E-state index is 12.0. The number of carbonyl (C=O) groups excluding carboxylic acids is 2. The summed E-state index contributed by atoms with van der Waals surface area (Å²) < 4.78 is 47.5. The first-order valence-corrected chi connectivity index (χ1v) is 19.4. The Kier molecular flexibility index (Phi) is 11.9. The van der Waals surface area contributed by atoms with Crippen molar-refractivity contribution in [2.24, 2.45) is 10.8 Å². The third kappa shape index (κ3) is 10.2. The predicted molar refractivity (Wildman–Crippen MR) is 201 cm³/mol. The zero-order valence-electron chi connectivity index (χ0n) is 32.7. The minimum Gasteiger partial charge on any atom is -0.529 e. The lowest BCUT2D eigenvalue weighted by Gasteiger charge is -2.53. The van der Waals surface area contributed by atoms with Crippen LogP contribution >= 0.6 is 0 Å². The van der Waals surface area contributed by atoms with Crippen molar-refractivity contribution in [2.75, 3.05) is 39.6 Å². The fourth-order valence-electron chi connectivity index (χ4n) is 8.45. The highest BCUT2D eigenvalue weighted by molar-refractivity contribution is 6.20. The van der Waals surface area contributed by atoms with Crippen LogP contribution in [0.5, 0.6) is 11.5 Å². The fourth-order valence-corrected chi connectivity index (χ4v) is 8.45. The Labute approximate surface area is 316 Å². The summed E-state index contributed by atoms with van der Waals surface area (Å²) in [4.78, 5) is 24.0. The summed E-state index contributed by atoms with van der Waals surface area (Å²) in [5.74, 6) is 0.850. The van der Waals surface area contributed by atoms with Crippen LogP contribution in [0.15, 0.2) is 48.5 Å². The molecule has 4 aliphatic heterocycles. The maximum absolute atomic E-state index is 12.0. The number of carbonyl (C=O) groups is 2. The van der Waals surface area contributed by atoms with Crippen molar-refractivity contribution in [1.82, 2.24) is 0 Å². The minimum atomic E-state index is -0.508. The average molecular weight is 735 g/mol. The Bertz CT molecular complexity index is 1410. The van der Waals surface area contributed by atoms with Crippen molar-refractivity contribution in [3.63, 3.8) is 0 Å². The Balaban J connectivity index is 0.937. The molecule has 11 heteroatoms. The van der Waals surface area contributed by atoms with E-state index in [2.05, 4.69) is 24.3 Å². The van der Waals surface area contributed by atoms with Gasteiger partial charge in [0.2, 0.25) is 0 Å². The quantitative estimate of drug-likeness (QED) is 0.0979. The van der Waals surface area contributed by atoms with Crippen LogP contribution < -0.4 is 9.31 Å². The first kappa shape index (κ1) is 39.6. The van der Waals surface area contributed by atoms with Gasteiger partial charge in [-0.1, -0.05) is 24.3 Å². The van der Waals surface area contributed by atoms with Gasteiger partial charge in [0.05, 0.1) is 24.4 Å². The Morgan fingerprint density at radius 2 is 1.02 bits per heavy atom. The Morgan fingerprint density at radius 1 is 0.623 bits per heavy atom. The molecular formula is C42H59BO10. The topological polar surface area (TPSA) is 108 Å². The van der Waals surface area contributed by atoms with Gasteiger partial charge in [-0.05, 0) is 152 Å². The van der Waals surface area contributed by atoms with Crippen LogP contribution in [0, 0.1) is 10.8 Å². The summed E-state index contributed by atoms with van der Waals surface area (Å²) in [6, 6.07) is 16.4. The Hall–Kier alpha value is -3.12. The summed E-state index contributed by atoms with van der Waals surface area (Å²) in [5.41, 5.74) is 0.836. The summed E-state index contributed by atoms with van der Waals surface area (Å²) in [6.07, 6.45) is 9.75. The van der Waals surface area contributed by atoms with Gasteiger partial charge in [0.25, 0.3) is 0 Å². The van der Waals surface area contributed by atoms with Gasteiger partial charge in [-0.3, -0.25) is 0 Å². The predicted octanol–water partition coefficient (Wildman–Crippen LogP) is 7.48. The molecule has 0 N–H and O–H groups in total. The van der Waals surface area contributed by atoms with Gasteiger partial charge >= 0.3 is 19.6 Å². The number of benzene rings is 2. The standard InChI is InChI=1S/C42H59BO10/c1-37(2,3)50-35(44)27-46-23-21-39-13-17-41(18-14-39,48-29-39)31-9-7-11-33(25-31)52-43-53-34-12-8-10-32(26-34)42-19-15-40(16-20-42,30-49-42)22-24-47-28-36(45)51-38(4,5)6/h7-12,25-26,43H,13-24,27-30H2,1-6H3. The van der Waals surface area contributed by atoms with E-state index in [1.807, 2.05) is 65.8 Å². The van der Waals surface area contributed by atoms with Crippen LogP contribution in [-0.2, 0) is 49.2 Å². The molecule has 2 aliphatic carbocycles. The van der Waals surface area contributed by atoms with Gasteiger partial charge in [-0.25, -0.2) is 9.59 Å². The van der Waals surface area contributed by atoms with Crippen LogP contribution in [0.3, 0.4) is 0 Å². The molecule has 4 bridgehead atoms. The van der Waals surface area contributed by atoms with E-state index in [0.717, 1.165) is 86.8 Å². The maximum Gasteiger partial charge on any atom is 0.576 e. The second kappa shape index (κ2) is 15.9. The van der Waals surface area contributed by atoms with Crippen molar-refractivity contribution in [3.8, 4) is 11.5 Å². The van der Waals surface area contributed by atoms with Crippen LogP contribution in [0.25, 0.3) is 0 Å². The fraction of sp³-hybridized carbons (Fsp3) is 0.667. The van der Waals surface area contributed by atoms with Gasteiger partial charge in [0.15, 0.2) is 0 Å². The number of hydrogen-bond donors (Lipinski definition) is 0. The average Bonchev–Trinajstić information content (AvgIpc) is 3.12. The van der Waals surface area contributed by atoms with Gasteiger partial charge in [-0.2, -0.15) is 0 Å². The normalized spacial score (nSPS) is 28.0. The van der Waals surface area contributed by atoms with E-state index in [-0.39, 0.29) is 54.9 Å². The summed E-state index contributed by atoms with van der Waals surface area (Å²) in [7, 11) is 0.0907. The zero-order valence-corrected chi connectivity index (χ0v) is 32.7. The van der Waals surface area contributed by atoms with E-state index in [1.165, 1.54) is 0 Å². The van der Waals surface area contributed by atoms with E-state index in [9.17, 15) is 9.59 Å². The summed E-state index contributed by atoms with van der Waals surface area (Å²) in [5, 5.41) is 0. The second-order valence-corrected chi connectivity index (χ2v) is 17.8. The highest BCUT2D eigenvalue weighted by atomic mass is 16.6. The number of rotatable bonds is 16. The van der Waals surface area contributed by atoms with Gasteiger partial charge in [0, 0.05) is 13.2 Å². The molecule has 0 unspecified atom stereocenters. The first-order chi connectivity index (χ1) is 25.1. The van der Waals surface area contributed by atoms with Crippen molar-refractivity contribution in [2.45, 2.75) is 128 Å². The molecule has 8 rings (SSSR count). The van der Waals surface area contributed by atoms with Crippen molar-refractivity contribution < 1.29 is 47.3 Å². The van der Waals surface area contributed by atoms with E-state index >= 15 is 0 Å². The van der Waals surface area contributed by atoms with Gasteiger partial charge in [-0.15, -0.1) is 0 Å². The molecule has 0 spiro atoms. The van der Waals surface area contributed by atoms with E-state index in [4.69, 9.17) is 37.7 Å². The number of esters is 2. The molecule has 0 atom stereocenters. The molecule has 53 heavy (non-hydrogen) atoms. The molecule has 2 aromatic carbocycles. The van der Waals surface area contributed by atoms with Crippen molar-refractivity contribution >= 4 is 19.6 Å². The zero-order chi connectivity index (χ0) is 37.8. The molecule has 4 saturated heterocycles. The molecule has 10 nitrogen and oxygen atoms in total.